The lowest BCUT2D eigenvalue weighted by molar-refractivity contribution is 0.458. The van der Waals surface area contributed by atoms with Crippen LogP contribution >= 0.6 is 27.5 Å². The van der Waals surface area contributed by atoms with Gasteiger partial charge in [0.15, 0.2) is 0 Å². The molecule has 0 N–H and O–H groups in total. The zero-order chi connectivity index (χ0) is 11.5. The Kier molecular flexibility index (Phi) is 3.41. The first kappa shape index (κ1) is 11.4. The van der Waals surface area contributed by atoms with Gasteiger partial charge in [0.25, 0.3) is 0 Å². The molecule has 0 atom stereocenters. The fourth-order valence-electron chi connectivity index (χ4n) is 1.17. The summed E-state index contributed by atoms with van der Waals surface area (Å²) in [5.41, 5.74) is 1.03. The van der Waals surface area contributed by atoms with Crippen molar-refractivity contribution in [3.05, 3.63) is 45.8 Å². The molecular formula is C11H8BrClN2O. The van der Waals surface area contributed by atoms with Crippen molar-refractivity contribution in [2.45, 2.75) is 6.92 Å². The van der Waals surface area contributed by atoms with E-state index in [-0.39, 0.29) is 5.28 Å². The summed E-state index contributed by atoms with van der Waals surface area (Å²) in [4.78, 5) is 7.74. The fraction of sp³-hybridized carbons (Fsp3) is 0.0909. The molecule has 3 nitrogen and oxygen atoms in total. The normalized spacial score (nSPS) is 10.2. The van der Waals surface area contributed by atoms with E-state index >= 15 is 0 Å². The van der Waals surface area contributed by atoms with Crippen molar-refractivity contribution in [3.63, 3.8) is 0 Å². The highest BCUT2D eigenvalue weighted by Gasteiger charge is 2.04. The van der Waals surface area contributed by atoms with Crippen LogP contribution < -0.4 is 4.74 Å². The van der Waals surface area contributed by atoms with Gasteiger partial charge in [-0.3, -0.25) is 0 Å². The summed E-state index contributed by atoms with van der Waals surface area (Å²) < 4.78 is 6.56. The fourth-order valence-corrected chi connectivity index (χ4v) is 1.65. The van der Waals surface area contributed by atoms with Gasteiger partial charge in [0, 0.05) is 16.7 Å². The molecule has 0 fully saturated rings. The highest BCUT2D eigenvalue weighted by molar-refractivity contribution is 9.10. The molecular weight excluding hydrogens is 291 g/mol. The van der Waals surface area contributed by atoms with Crippen LogP contribution in [0.25, 0.3) is 0 Å². The van der Waals surface area contributed by atoms with E-state index in [2.05, 4.69) is 25.9 Å². The van der Waals surface area contributed by atoms with Crippen LogP contribution in [0.15, 0.2) is 34.9 Å². The van der Waals surface area contributed by atoms with Crippen LogP contribution in [0.1, 0.15) is 5.56 Å². The molecule has 1 heterocycles. The van der Waals surface area contributed by atoms with E-state index in [4.69, 9.17) is 16.3 Å². The number of halogens is 2. The van der Waals surface area contributed by atoms with E-state index in [1.807, 2.05) is 25.1 Å². The van der Waals surface area contributed by atoms with Gasteiger partial charge in [-0.05, 0) is 36.2 Å². The summed E-state index contributed by atoms with van der Waals surface area (Å²) in [6, 6.07) is 7.45. The number of aryl methyl sites for hydroxylation is 1. The lowest BCUT2D eigenvalue weighted by Gasteiger charge is -2.07. The first-order valence-electron chi connectivity index (χ1n) is 4.58. The Hall–Kier alpha value is -1.13. The molecule has 0 radical (unpaired) electrons. The summed E-state index contributed by atoms with van der Waals surface area (Å²) in [6.45, 7) is 1.96. The van der Waals surface area contributed by atoms with Crippen LogP contribution in [0.4, 0.5) is 0 Å². The Morgan fingerprint density at radius 1 is 1.31 bits per heavy atom. The van der Waals surface area contributed by atoms with Crippen molar-refractivity contribution in [1.82, 2.24) is 9.97 Å². The topological polar surface area (TPSA) is 35.0 Å². The summed E-state index contributed by atoms with van der Waals surface area (Å²) in [6.07, 6.45) is 1.55. The SMILES string of the molecule is Cc1ccc(Br)cc1Oc1ccnc(Cl)n1. The van der Waals surface area contributed by atoms with E-state index in [0.29, 0.717) is 5.88 Å². The number of rotatable bonds is 2. The Morgan fingerprint density at radius 3 is 2.88 bits per heavy atom. The lowest BCUT2D eigenvalue weighted by atomic mass is 10.2. The Morgan fingerprint density at radius 2 is 2.12 bits per heavy atom. The quantitative estimate of drug-likeness (QED) is 0.786. The molecule has 0 aliphatic carbocycles. The largest absolute Gasteiger partial charge is 0.439 e. The number of hydrogen-bond acceptors (Lipinski definition) is 3. The van der Waals surface area contributed by atoms with Gasteiger partial charge >= 0.3 is 0 Å². The van der Waals surface area contributed by atoms with E-state index in [1.165, 1.54) is 0 Å². The molecule has 0 aliphatic rings. The third-order valence-corrected chi connectivity index (χ3v) is 2.64. The van der Waals surface area contributed by atoms with Crippen LogP contribution in [-0.2, 0) is 0 Å². The minimum Gasteiger partial charge on any atom is -0.439 e. The third kappa shape index (κ3) is 2.71. The molecule has 82 valence electrons. The molecule has 0 bridgehead atoms. The van der Waals surface area contributed by atoms with Gasteiger partial charge in [0.2, 0.25) is 11.2 Å². The van der Waals surface area contributed by atoms with Gasteiger partial charge in [-0.15, -0.1) is 0 Å². The number of ether oxygens (including phenoxy) is 1. The molecule has 1 aromatic heterocycles. The van der Waals surface area contributed by atoms with E-state index in [9.17, 15) is 0 Å². The predicted molar refractivity (Wildman–Crippen MR) is 66.0 cm³/mol. The highest BCUT2D eigenvalue weighted by atomic mass is 79.9. The standard InChI is InChI=1S/C11H8BrClN2O/c1-7-2-3-8(12)6-9(7)16-10-4-5-14-11(13)15-10/h2-6H,1H3. The van der Waals surface area contributed by atoms with Crippen molar-refractivity contribution in [3.8, 4) is 11.6 Å². The van der Waals surface area contributed by atoms with E-state index in [0.717, 1.165) is 15.8 Å². The van der Waals surface area contributed by atoms with Gasteiger partial charge in [0.05, 0.1) is 0 Å². The zero-order valence-electron chi connectivity index (χ0n) is 8.45. The van der Waals surface area contributed by atoms with Crippen LogP contribution in [0, 0.1) is 6.92 Å². The monoisotopic (exact) mass is 298 g/mol. The molecule has 2 aromatic rings. The Labute approximate surface area is 107 Å². The average molecular weight is 300 g/mol. The van der Waals surface area contributed by atoms with Crippen LogP contribution in [-0.4, -0.2) is 9.97 Å². The van der Waals surface area contributed by atoms with Gasteiger partial charge in [-0.1, -0.05) is 22.0 Å². The average Bonchev–Trinajstić information content (AvgIpc) is 2.24. The second-order valence-corrected chi connectivity index (χ2v) is 4.43. The molecule has 5 heteroatoms. The smallest absolute Gasteiger partial charge is 0.225 e. The Bertz CT molecular complexity index is 519. The van der Waals surface area contributed by atoms with Crippen LogP contribution in [0.5, 0.6) is 11.6 Å². The van der Waals surface area contributed by atoms with Gasteiger partial charge in [-0.2, -0.15) is 4.98 Å². The minimum absolute atomic E-state index is 0.171. The second kappa shape index (κ2) is 4.80. The number of hydrogen-bond donors (Lipinski definition) is 0. The maximum Gasteiger partial charge on any atom is 0.225 e. The highest BCUT2D eigenvalue weighted by Crippen LogP contribution is 2.27. The second-order valence-electron chi connectivity index (χ2n) is 3.18. The van der Waals surface area contributed by atoms with Crippen molar-refractivity contribution in [2.75, 3.05) is 0 Å². The van der Waals surface area contributed by atoms with Crippen molar-refractivity contribution in [2.24, 2.45) is 0 Å². The molecule has 1 aromatic carbocycles. The van der Waals surface area contributed by atoms with Crippen molar-refractivity contribution < 1.29 is 4.74 Å². The first-order chi connectivity index (χ1) is 7.65. The lowest BCUT2D eigenvalue weighted by Crippen LogP contribution is -1.91. The summed E-state index contributed by atoms with van der Waals surface area (Å²) in [5.74, 6) is 1.17. The molecule has 0 amide bonds. The van der Waals surface area contributed by atoms with Gasteiger partial charge < -0.3 is 4.74 Å². The minimum atomic E-state index is 0.171. The summed E-state index contributed by atoms with van der Waals surface area (Å²) in [5, 5.41) is 0.171. The number of benzene rings is 1. The predicted octanol–water partition coefficient (Wildman–Crippen LogP) is 3.99. The van der Waals surface area contributed by atoms with Crippen LogP contribution in [0.3, 0.4) is 0 Å². The van der Waals surface area contributed by atoms with Crippen molar-refractivity contribution >= 4 is 27.5 Å². The Balaban J connectivity index is 2.30. The molecule has 2 rings (SSSR count). The molecule has 0 aliphatic heterocycles. The van der Waals surface area contributed by atoms with Crippen LogP contribution in [0.2, 0.25) is 5.28 Å². The van der Waals surface area contributed by atoms with Crippen molar-refractivity contribution in [1.29, 1.82) is 0 Å². The van der Waals surface area contributed by atoms with Gasteiger partial charge in [-0.25, -0.2) is 4.98 Å². The van der Waals surface area contributed by atoms with E-state index < -0.39 is 0 Å². The van der Waals surface area contributed by atoms with E-state index in [1.54, 1.807) is 12.3 Å². The zero-order valence-corrected chi connectivity index (χ0v) is 10.8. The third-order valence-electron chi connectivity index (χ3n) is 1.97. The molecule has 0 saturated heterocycles. The summed E-state index contributed by atoms with van der Waals surface area (Å²) >= 11 is 9.06. The summed E-state index contributed by atoms with van der Waals surface area (Å²) in [7, 11) is 0. The molecule has 0 spiro atoms. The molecule has 0 unspecified atom stereocenters. The maximum absolute atomic E-state index is 5.67. The molecule has 0 saturated carbocycles. The van der Waals surface area contributed by atoms with Gasteiger partial charge in [0.1, 0.15) is 5.75 Å². The first-order valence-corrected chi connectivity index (χ1v) is 5.75. The maximum atomic E-state index is 5.67. The number of nitrogens with zero attached hydrogens (tertiary/aromatic N) is 2. The molecule has 16 heavy (non-hydrogen) atoms. The number of aromatic nitrogens is 2.